The van der Waals surface area contributed by atoms with Crippen molar-refractivity contribution >= 4 is 54.6 Å². The molecular weight excluding hydrogens is 733 g/mol. The summed E-state index contributed by atoms with van der Waals surface area (Å²) < 4.78 is 13.2. The van der Waals surface area contributed by atoms with Crippen LogP contribution in [0.4, 0.5) is 0 Å². The molecule has 9 aromatic carbocycles. The van der Waals surface area contributed by atoms with E-state index >= 15 is 0 Å². The van der Waals surface area contributed by atoms with E-state index in [2.05, 4.69) is 182 Å². The van der Waals surface area contributed by atoms with E-state index in [4.69, 9.17) is 18.8 Å². The second-order valence-electron chi connectivity index (χ2n) is 15.3. The maximum atomic E-state index is 6.60. The molecule has 12 rings (SSSR count). The fraction of sp³-hybridized carbons (Fsp3) is 0. The summed E-state index contributed by atoms with van der Waals surface area (Å²) in [7, 11) is 0. The Morgan fingerprint density at radius 3 is 1.43 bits per heavy atom. The third kappa shape index (κ3) is 5.61. The second-order valence-corrected chi connectivity index (χ2v) is 15.3. The summed E-state index contributed by atoms with van der Waals surface area (Å²) >= 11 is 0. The van der Waals surface area contributed by atoms with E-state index in [1.807, 2.05) is 24.3 Å². The first-order valence-corrected chi connectivity index (χ1v) is 20.2. The van der Waals surface area contributed by atoms with Gasteiger partial charge in [-0.25, -0.2) is 9.97 Å². The molecule has 12 aromatic rings. The Morgan fingerprint density at radius 1 is 0.283 bits per heavy atom. The molecule has 0 saturated carbocycles. The third-order valence-corrected chi connectivity index (χ3v) is 11.8. The minimum Gasteiger partial charge on any atom is -0.455 e. The molecule has 3 heterocycles. The lowest BCUT2D eigenvalue weighted by atomic mass is 9.91. The van der Waals surface area contributed by atoms with Crippen LogP contribution in [0.2, 0.25) is 0 Å². The molecule has 0 amide bonds. The van der Waals surface area contributed by atoms with Gasteiger partial charge in [-0.15, -0.1) is 0 Å². The lowest BCUT2D eigenvalue weighted by Gasteiger charge is -2.16. The van der Waals surface area contributed by atoms with Crippen molar-refractivity contribution in [2.75, 3.05) is 0 Å². The largest absolute Gasteiger partial charge is 0.455 e. The quantitative estimate of drug-likeness (QED) is 0.169. The molecule has 0 radical (unpaired) electrons. The van der Waals surface area contributed by atoms with Crippen molar-refractivity contribution < 1.29 is 8.83 Å². The maximum absolute atomic E-state index is 6.60. The number of aromatic nitrogens is 2. The number of rotatable bonds is 6. The van der Waals surface area contributed by atoms with Gasteiger partial charge < -0.3 is 8.83 Å². The Hall–Kier alpha value is -8.08. The SMILES string of the molecule is c1ccc(-c2ccc(-c3cc(-c4cccc5ccccc45)ccc3-c3nc(-c4cccc5c4oc4ccccc45)cc(-c4cccc5c4oc4ccccc45)n3)cc2)cc1. The summed E-state index contributed by atoms with van der Waals surface area (Å²) in [6, 6.07) is 72.1. The molecule has 0 atom stereocenters. The van der Waals surface area contributed by atoms with E-state index in [0.717, 1.165) is 94.2 Å². The van der Waals surface area contributed by atoms with Crippen molar-refractivity contribution in [3.05, 3.63) is 206 Å². The van der Waals surface area contributed by atoms with Crippen LogP contribution in [-0.2, 0) is 0 Å². The zero-order valence-electron chi connectivity index (χ0n) is 32.3. The van der Waals surface area contributed by atoms with E-state index < -0.39 is 0 Å². The topological polar surface area (TPSA) is 52.1 Å². The molecular formula is C56H34N2O2. The molecule has 0 fully saturated rings. The first-order chi connectivity index (χ1) is 29.7. The summed E-state index contributed by atoms with van der Waals surface area (Å²) in [4.78, 5) is 10.9. The van der Waals surface area contributed by atoms with E-state index in [1.165, 1.54) is 21.9 Å². The van der Waals surface area contributed by atoms with Gasteiger partial charge in [0.2, 0.25) is 0 Å². The van der Waals surface area contributed by atoms with Gasteiger partial charge in [0.15, 0.2) is 5.82 Å². The fourth-order valence-electron chi connectivity index (χ4n) is 8.84. The highest BCUT2D eigenvalue weighted by Crippen LogP contribution is 2.42. The highest BCUT2D eigenvalue weighted by atomic mass is 16.3. The summed E-state index contributed by atoms with van der Waals surface area (Å²) in [6.45, 7) is 0. The molecule has 3 aromatic heterocycles. The van der Waals surface area contributed by atoms with Crippen molar-refractivity contribution in [3.63, 3.8) is 0 Å². The van der Waals surface area contributed by atoms with Gasteiger partial charge in [-0.3, -0.25) is 0 Å². The number of nitrogens with zero attached hydrogens (tertiary/aromatic N) is 2. The Kier molecular flexibility index (Phi) is 7.82. The maximum Gasteiger partial charge on any atom is 0.161 e. The number of fused-ring (bicyclic) bond motifs is 7. The Morgan fingerprint density at radius 2 is 0.767 bits per heavy atom. The number of hydrogen-bond acceptors (Lipinski definition) is 4. The number of benzene rings is 9. The molecule has 0 bridgehead atoms. The summed E-state index contributed by atoms with van der Waals surface area (Å²) in [5.41, 5.74) is 14.2. The predicted octanol–water partition coefficient (Wildman–Crippen LogP) is 15.4. The van der Waals surface area contributed by atoms with Crippen LogP contribution in [0.25, 0.3) is 122 Å². The average molecular weight is 767 g/mol. The van der Waals surface area contributed by atoms with Gasteiger partial charge in [-0.1, -0.05) is 164 Å². The van der Waals surface area contributed by atoms with Crippen LogP contribution in [0.3, 0.4) is 0 Å². The Bertz CT molecular complexity index is 3460. The van der Waals surface area contributed by atoms with Gasteiger partial charge in [0.05, 0.1) is 11.4 Å². The van der Waals surface area contributed by atoms with Crippen LogP contribution in [0.5, 0.6) is 0 Å². The smallest absolute Gasteiger partial charge is 0.161 e. The van der Waals surface area contributed by atoms with Gasteiger partial charge in [-0.05, 0) is 86.6 Å². The van der Waals surface area contributed by atoms with Crippen LogP contribution in [0.1, 0.15) is 0 Å². The van der Waals surface area contributed by atoms with Gasteiger partial charge in [0, 0.05) is 38.2 Å². The molecule has 60 heavy (non-hydrogen) atoms. The van der Waals surface area contributed by atoms with E-state index in [1.54, 1.807) is 0 Å². The predicted molar refractivity (Wildman–Crippen MR) is 247 cm³/mol. The molecule has 0 spiro atoms. The highest BCUT2D eigenvalue weighted by Gasteiger charge is 2.21. The molecule has 0 aliphatic heterocycles. The van der Waals surface area contributed by atoms with Crippen molar-refractivity contribution in [1.29, 1.82) is 0 Å². The zero-order valence-corrected chi connectivity index (χ0v) is 32.3. The van der Waals surface area contributed by atoms with Crippen molar-refractivity contribution in [1.82, 2.24) is 9.97 Å². The molecule has 4 nitrogen and oxygen atoms in total. The summed E-state index contributed by atoms with van der Waals surface area (Å²) in [6.07, 6.45) is 0. The molecule has 0 aliphatic rings. The molecule has 0 N–H and O–H groups in total. The third-order valence-electron chi connectivity index (χ3n) is 11.8. The minimum atomic E-state index is 0.607. The first kappa shape index (κ1) is 34.0. The van der Waals surface area contributed by atoms with Crippen LogP contribution in [0.15, 0.2) is 215 Å². The lowest BCUT2D eigenvalue weighted by Crippen LogP contribution is -1.98. The monoisotopic (exact) mass is 766 g/mol. The van der Waals surface area contributed by atoms with Crippen LogP contribution >= 0.6 is 0 Å². The minimum absolute atomic E-state index is 0.607. The number of furan rings is 2. The van der Waals surface area contributed by atoms with Crippen LogP contribution < -0.4 is 0 Å². The van der Waals surface area contributed by atoms with E-state index in [-0.39, 0.29) is 0 Å². The zero-order chi connectivity index (χ0) is 39.6. The van der Waals surface area contributed by atoms with Gasteiger partial charge in [0.1, 0.15) is 22.3 Å². The standard InChI is InChI=1S/C56H34N2O2/c1-2-13-35(14-3-1)36-27-29-38(30-28-36)49-33-39(41-20-10-16-37-15-4-5-17-40(37)41)31-32-46(49)56-57-50(47-23-11-21-44-42-18-6-8-25-52(42)59-54(44)47)34-51(58-56)48-24-12-22-45-43-19-7-9-26-53(43)60-55(45)48/h1-34H. The van der Waals surface area contributed by atoms with Crippen molar-refractivity contribution in [2.24, 2.45) is 0 Å². The highest BCUT2D eigenvalue weighted by molar-refractivity contribution is 6.11. The summed E-state index contributed by atoms with van der Waals surface area (Å²) in [5, 5.41) is 6.64. The molecule has 0 saturated heterocycles. The van der Waals surface area contributed by atoms with Gasteiger partial charge >= 0.3 is 0 Å². The molecule has 0 aliphatic carbocycles. The van der Waals surface area contributed by atoms with Crippen molar-refractivity contribution in [2.45, 2.75) is 0 Å². The van der Waals surface area contributed by atoms with Gasteiger partial charge in [0.25, 0.3) is 0 Å². The lowest BCUT2D eigenvalue weighted by molar-refractivity contribution is 0.669. The fourth-order valence-corrected chi connectivity index (χ4v) is 8.84. The van der Waals surface area contributed by atoms with E-state index in [0.29, 0.717) is 5.82 Å². The van der Waals surface area contributed by atoms with E-state index in [9.17, 15) is 0 Å². The summed E-state index contributed by atoms with van der Waals surface area (Å²) in [5.74, 6) is 0.607. The Labute approximate surface area is 345 Å². The first-order valence-electron chi connectivity index (χ1n) is 20.2. The number of hydrogen-bond donors (Lipinski definition) is 0. The van der Waals surface area contributed by atoms with Gasteiger partial charge in [-0.2, -0.15) is 0 Å². The molecule has 0 unspecified atom stereocenters. The van der Waals surface area contributed by atoms with Crippen molar-refractivity contribution in [3.8, 4) is 67.3 Å². The molecule has 4 heteroatoms. The number of para-hydroxylation sites is 4. The normalized spacial score (nSPS) is 11.7. The van der Waals surface area contributed by atoms with Crippen LogP contribution in [-0.4, -0.2) is 9.97 Å². The molecule has 280 valence electrons. The second kappa shape index (κ2) is 13.8. The Balaban J connectivity index is 1.12. The van der Waals surface area contributed by atoms with Crippen LogP contribution in [0, 0.1) is 0 Å². The average Bonchev–Trinajstić information content (AvgIpc) is 3.90.